The Morgan fingerprint density at radius 3 is 2.75 bits per heavy atom. The average Bonchev–Trinajstić information content (AvgIpc) is 2.29. The first-order chi connectivity index (χ1) is 7.70. The number of pyridine rings is 1. The third kappa shape index (κ3) is 2.40. The Morgan fingerprint density at radius 1 is 1.50 bits per heavy atom. The zero-order valence-electron chi connectivity index (χ0n) is 9.62. The minimum atomic E-state index is 0.602. The molecule has 1 fully saturated rings. The standard InChI is InChI=1S/C12H18ClN3/c1-2-9-3-5-16(6-4-9)12-11(14)7-10(13)8-15-12/h7-9H,2-6,14H2,1H3. The molecule has 0 aromatic carbocycles. The van der Waals surface area contributed by atoms with E-state index in [1.165, 1.54) is 19.3 Å². The molecule has 0 aliphatic carbocycles. The van der Waals surface area contributed by atoms with Gasteiger partial charge in [0.15, 0.2) is 5.82 Å². The van der Waals surface area contributed by atoms with Crippen LogP contribution in [0.3, 0.4) is 0 Å². The summed E-state index contributed by atoms with van der Waals surface area (Å²) in [7, 11) is 0. The minimum absolute atomic E-state index is 0.602. The van der Waals surface area contributed by atoms with Gasteiger partial charge in [0, 0.05) is 19.3 Å². The van der Waals surface area contributed by atoms with E-state index in [-0.39, 0.29) is 0 Å². The van der Waals surface area contributed by atoms with Crippen LogP contribution in [0.15, 0.2) is 12.3 Å². The van der Waals surface area contributed by atoms with Gasteiger partial charge in [0.1, 0.15) is 0 Å². The van der Waals surface area contributed by atoms with Crippen LogP contribution in [0.1, 0.15) is 26.2 Å². The van der Waals surface area contributed by atoms with Crippen molar-refractivity contribution in [1.29, 1.82) is 0 Å². The molecule has 0 amide bonds. The largest absolute Gasteiger partial charge is 0.396 e. The van der Waals surface area contributed by atoms with Crippen LogP contribution in [-0.4, -0.2) is 18.1 Å². The quantitative estimate of drug-likeness (QED) is 0.863. The zero-order valence-corrected chi connectivity index (χ0v) is 10.4. The first-order valence-corrected chi connectivity index (χ1v) is 6.24. The highest BCUT2D eigenvalue weighted by molar-refractivity contribution is 6.30. The lowest BCUT2D eigenvalue weighted by atomic mass is 9.94. The summed E-state index contributed by atoms with van der Waals surface area (Å²) in [5, 5.41) is 0.602. The molecule has 0 radical (unpaired) electrons. The molecule has 0 saturated carbocycles. The van der Waals surface area contributed by atoms with Crippen LogP contribution in [0.2, 0.25) is 5.02 Å². The summed E-state index contributed by atoms with van der Waals surface area (Å²) in [6.45, 7) is 4.36. The maximum atomic E-state index is 5.93. The molecule has 1 aromatic heterocycles. The van der Waals surface area contributed by atoms with Crippen molar-refractivity contribution in [2.75, 3.05) is 23.7 Å². The van der Waals surface area contributed by atoms with E-state index in [1.54, 1.807) is 12.3 Å². The molecule has 88 valence electrons. The molecule has 3 nitrogen and oxygen atoms in total. The summed E-state index contributed by atoms with van der Waals surface area (Å²) in [5.41, 5.74) is 6.61. The smallest absolute Gasteiger partial charge is 0.151 e. The second-order valence-corrected chi connectivity index (χ2v) is 4.84. The Labute approximate surface area is 102 Å². The van der Waals surface area contributed by atoms with Crippen molar-refractivity contribution in [3.8, 4) is 0 Å². The number of halogens is 1. The van der Waals surface area contributed by atoms with Crippen molar-refractivity contribution in [2.45, 2.75) is 26.2 Å². The SMILES string of the molecule is CCC1CCN(c2ncc(Cl)cc2N)CC1. The Morgan fingerprint density at radius 2 is 2.19 bits per heavy atom. The predicted octanol–water partition coefficient (Wildman–Crippen LogP) is 2.94. The summed E-state index contributed by atoms with van der Waals surface area (Å²) in [5.74, 6) is 1.75. The molecule has 1 aliphatic rings. The van der Waals surface area contributed by atoms with Gasteiger partial charge in [-0.15, -0.1) is 0 Å². The number of aromatic nitrogens is 1. The predicted molar refractivity (Wildman–Crippen MR) is 68.9 cm³/mol. The summed E-state index contributed by atoms with van der Waals surface area (Å²) in [6, 6.07) is 1.77. The zero-order chi connectivity index (χ0) is 11.5. The number of hydrogen-bond donors (Lipinski definition) is 1. The molecule has 2 N–H and O–H groups in total. The molecule has 2 rings (SSSR count). The summed E-state index contributed by atoms with van der Waals surface area (Å²) in [6.07, 6.45) is 5.41. The summed E-state index contributed by atoms with van der Waals surface area (Å²) >= 11 is 5.84. The number of nitrogen functional groups attached to an aromatic ring is 1. The highest BCUT2D eigenvalue weighted by Crippen LogP contribution is 2.28. The highest BCUT2D eigenvalue weighted by atomic mass is 35.5. The van der Waals surface area contributed by atoms with E-state index in [0.717, 1.165) is 24.8 Å². The van der Waals surface area contributed by atoms with Crippen molar-refractivity contribution in [3.63, 3.8) is 0 Å². The normalized spacial score (nSPS) is 17.8. The van der Waals surface area contributed by atoms with Crippen molar-refractivity contribution in [1.82, 2.24) is 4.98 Å². The highest BCUT2D eigenvalue weighted by Gasteiger charge is 2.20. The second-order valence-electron chi connectivity index (χ2n) is 4.41. The fourth-order valence-corrected chi connectivity index (χ4v) is 2.43. The lowest BCUT2D eigenvalue weighted by molar-refractivity contribution is 0.394. The average molecular weight is 240 g/mol. The minimum Gasteiger partial charge on any atom is -0.396 e. The topological polar surface area (TPSA) is 42.2 Å². The molecular weight excluding hydrogens is 222 g/mol. The van der Waals surface area contributed by atoms with Gasteiger partial charge in [-0.1, -0.05) is 24.9 Å². The monoisotopic (exact) mass is 239 g/mol. The fraction of sp³-hybridized carbons (Fsp3) is 0.583. The molecule has 1 aromatic rings. The van der Waals surface area contributed by atoms with Gasteiger partial charge in [-0.25, -0.2) is 4.98 Å². The fourth-order valence-electron chi connectivity index (χ4n) is 2.26. The second kappa shape index (κ2) is 4.91. The molecule has 0 spiro atoms. The number of anilines is 2. The van der Waals surface area contributed by atoms with E-state index < -0.39 is 0 Å². The van der Waals surface area contributed by atoms with Gasteiger partial charge < -0.3 is 10.6 Å². The third-order valence-corrected chi connectivity index (χ3v) is 3.56. The Bertz CT molecular complexity index is 359. The Hall–Kier alpha value is -0.960. The molecule has 4 heteroatoms. The first kappa shape index (κ1) is 11.5. The van der Waals surface area contributed by atoms with E-state index in [2.05, 4.69) is 16.8 Å². The number of hydrogen-bond acceptors (Lipinski definition) is 3. The van der Waals surface area contributed by atoms with Crippen LogP contribution in [0.5, 0.6) is 0 Å². The van der Waals surface area contributed by atoms with Crippen molar-refractivity contribution >= 4 is 23.1 Å². The number of nitrogens with two attached hydrogens (primary N) is 1. The van der Waals surface area contributed by atoms with Gasteiger partial charge >= 0.3 is 0 Å². The molecule has 0 unspecified atom stereocenters. The van der Waals surface area contributed by atoms with Gasteiger partial charge in [0.25, 0.3) is 0 Å². The van der Waals surface area contributed by atoms with Crippen LogP contribution in [-0.2, 0) is 0 Å². The lowest BCUT2D eigenvalue weighted by Crippen LogP contribution is -2.34. The molecular formula is C12H18ClN3. The Kier molecular flexibility index (Phi) is 3.54. The van der Waals surface area contributed by atoms with Crippen LogP contribution in [0.25, 0.3) is 0 Å². The molecule has 1 aliphatic heterocycles. The van der Waals surface area contributed by atoms with Crippen LogP contribution in [0, 0.1) is 5.92 Å². The number of rotatable bonds is 2. The third-order valence-electron chi connectivity index (χ3n) is 3.35. The van der Waals surface area contributed by atoms with Crippen LogP contribution >= 0.6 is 11.6 Å². The van der Waals surface area contributed by atoms with E-state index in [1.807, 2.05) is 0 Å². The van der Waals surface area contributed by atoms with Crippen molar-refractivity contribution in [3.05, 3.63) is 17.3 Å². The van der Waals surface area contributed by atoms with E-state index in [4.69, 9.17) is 17.3 Å². The maximum Gasteiger partial charge on any atom is 0.151 e. The Balaban J connectivity index is 2.08. The number of nitrogens with zero attached hydrogens (tertiary/aromatic N) is 2. The number of piperidine rings is 1. The molecule has 16 heavy (non-hydrogen) atoms. The van der Waals surface area contributed by atoms with Gasteiger partial charge in [-0.2, -0.15) is 0 Å². The molecule has 2 heterocycles. The van der Waals surface area contributed by atoms with Gasteiger partial charge in [-0.3, -0.25) is 0 Å². The van der Waals surface area contributed by atoms with Gasteiger partial charge in [-0.05, 0) is 24.8 Å². The lowest BCUT2D eigenvalue weighted by Gasteiger charge is -2.32. The molecule has 0 atom stereocenters. The molecule has 1 saturated heterocycles. The van der Waals surface area contributed by atoms with Gasteiger partial charge in [0.05, 0.1) is 10.7 Å². The summed E-state index contributed by atoms with van der Waals surface area (Å²) < 4.78 is 0. The van der Waals surface area contributed by atoms with Crippen LogP contribution in [0.4, 0.5) is 11.5 Å². The maximum absolute atomic E-state index is 5.93. The van der Waals surface area contributed by atoms with Gasteiger partial charge in [0.2, 0.25) is 0 Å². The van der Waals surface area contributed by atoms with Crippen LogP contribution < -0.4 is 10.6 Å². The van der Waals surface area contributed by atoms with E-state index in [9.17, 15) is 0 Å². The van der Waals surface area contributed by atoms with E-state index in [0.29, 0.717) is 10.7 Å². The van der Waals surface area contributed by atoms with Crippen molar-refractivity contribution in [2.24, 2.45) is 5.92 Å². The first-order valence-electron chi connectivity index (χ1n) is 5.86. The molecule has 0 bridgehead atoms. The van der Waals surface area contributed by atoms with E-state index >= 15 is 0 Å². The summed E-state index contributed by atoms with van der Waals surface area (Å²) in [4.78, 5) is 6.58. The van der Waals surface area contributed by atoms with Crippen molar-refractivity contribution < 1.29 is 0 Å².